The second-order valence-corrected chi connectivity index (χ2v) is 6.14. The quantitative estimate of drug-likeness (QED) is 0.896. The smallest absolute Gasteiger partial charge is 0.422 e. The van der Waals surface area contributed by atoms with Crippen LogP contribution in [0.25, 0.3) is 0 Å². The molecule has 0 spiro atoms. The Morgan fingerprint density at radius 2 is 2.20 bits per heavy atom. The number of nitrogens with one attached hydrogen (secondary N) is 1. The maximum absolute atomic E-state index is 12.3. The Kier molecular flexibility index (Phi) is 5.29. The van der Waals surface area contributed by atoms with E-state index in [2.05, 4.69) is 15.2 Å². The Morgan fingerprint density at radius 3 is 2.92 bits per heavy atom. The van der Waals surface area contributed by atoms with E-state index in [1.807, 2.05) is 23.9 Å². The Balaban J connectivity index is 1.71. The average Bonchev–Trinajstić information content (AvgIpc) is 2.99. The van der Waals surface area contributed by atoms with Crippen molar-refractivity contribution in [3.8, 4) is 5.75 Å². The first-order valence-corrected chi connectivity index (χ1v) is 8.13. The SMILES string of the molecule is Cn1ccnc1C1CNCCN1Cc1cccc(OCC(F)(F)F)c1. The molecule has 1 saturated heterocycles. The van der Waals surface area contributed by atoms with Crippen molar-refractivity contribution in [3.05, 3.63) is 48.0 Å². The first kappa shape index (κ1) is 17.8. The minimum absolute atomic E-state index is 0.119. The van der Waals surface area contributed by atoms with Gasteiger partial charge in [0.1, 0.15) is 11.6 Å². The Hall–Kier alpha value is -2.06. The largest absolute Gasteiger partial charge is 0.484 e. The van der Waals surface area contributed by atoms with E-state index in [-0.39, 0.29) is 11.8 Å². The second-order valence-electron chi connectivity index (χ2n) is 6.14. The first-order valence-electron chi connectivity index (χ1n) is 8.13. The lowest BCUT2D eigenvalue weighted by molar-refractivity contribution is -0.153. The third-order valence-electron chi connectivity index (χ3n) is 4.20. The van der Waals surface area contributed by atoms with E-state index in [0.29, 0.717) is 6.54 Å². The predicted molar refractivity (Wildman–Crippen MR) is 87.2 cm³/mol. The number of nitrogens with zero attached hydrogens (tertiary/aromatic N) is 3. The zero-order chi connectivity index (χ0) is 17.9. The van der Waals surface area contributed by atoms with Crippen molar-refractivity contribution in [2.24, 2.45) is 7.05 Å². The third kappa shape index (κ3) is 4.73. The molecule has 5 nitrogen and oxygen atoms in total. The zero-order valence-corrected chi connectivity index (χ0v) is 14.0. The van der Waals surface area contributed by atoms with Gasteiger partial charge in [-0.3, -0.25) is 4.90 Å². The van der Waals surface area contributed by atoms with Crippen LogP contribution in [0.15, 0.2) is 36.7 Å². The van der Waals surface area contributed by atoms with Crippen LogP contribution >= 0.6 is 0 Å². The van der Waals surface area contributed by atoms with E-state index < -0.39 is 12.8 Å². The zero-order valence-electron chi connectivity index (χ0n) is 14.0. The van der Waals surface area contributed by atoms with Crippen LogP contribution in [0.3, 0.4) is 0 Å². The molecule has 1 atom stereocenters. The minimum atomic E-state index is -4.34. The maximum Gasteiger partial charge on any atom is 0.422 e. The van der Waals surface area contributed by atoms with Crippen LogP contribution in [-0.2, 0) is 13.6 Å². The number of alkyl halides is 3. The van der Waals surface area contributed by atoms with Gasteiger partial charge in [0.15, 0.2) is 6.61 Å². The average molecular weight is 354 g/mol. The number of ether oxygens (including phenoxy) is 1. The van der Waals surface area contributed by atoms with Gasteiger partial charge in [-0.1, -0.05) is 12.1 Å². The fraction of sp³-hybridized carbons (Fsp3) is 0.471. The summed E-state index contributed by atoms with van der Waals surface area (Å²) in [6, 6.07) is 6.96. The monoisotopic (exact) mass is 354 g/mol. The van der Waals surface area contributed by atoms with Crippen LogP contribution < -0.4 is 10.1 Å². The molecule has 0 amide bonds. The van der Waals surface area contributed by atoms with Crippen LogP contribution in [0.4, 0.5) is 13.2 Å². The fourth-order valence-electron chi connectivity index (χ4n) is 3.02. The highest BCUT2D eigenvalue weighted by Gasteiger charge is 2.29. The summed E-state index contributed by atoms with van der Waals surface area (Å²) < 4.78 is 43.8. The van der Waals surface area contributed by atoms with Gasteiger partial charge >= 0.3 is 6.18 Å². The Morgan fingerprint density at radius 1 is 1.36 bits per heavy atom. The molecule has 0 radical (unpaired) electrons. The number of benzene rings is 1. The Labute approximate surface area is 144 Å². The lowest BCUT2D eigenvalue weighted by Crippen LogP contribution is -2.46. The number of aromatic nitrogens is 2. The molecule has 3 rings (SSSR count). The maximum atomic E-state index is 12.3. The molecule has 1 fully saturated rings. The van der Waals surface area contributed by atoms with Crippen molar-refractivity contribution in [2.45, 2.75) is 18.8 Å². The van der Waals surface area contributed by atoms with E-state index in [4.69, 9.17) is 4.74 Å². The summed E-state index contributed by atoms with van der Waals surface area (Å²) in [6.45, 7) is 1.84. The number of hydrogen-bond acceptors (Lipinski definition) is 4. The van der Waals surface area contributed by atoms with Gasteiger partial charge in [0.2, 0.25) is 0 Å². The number of imidazole rings is 1. The summed E-state index contributed by atoms with van der Waals surface area (Å²) in [7, 11) is 1.96. The minimum Gasteiger partial charge on any atom is -0.484 e. The molecule has 1 aromatic heterocycles. The molecule has 2 heterocycles. The van der Waals surface area contributed by atoms with E-state index in [1.54, 1.807) is 24.4 Å². The van der Waals surface area contributed by atoms with E-state index in [1.165, 1.54) is 0 Å². The molecule has 1 aliphatic rings. The molecule has 25 heavy (non-hydrogen) atoms. The number of rotatable bonds is 5. The van der Waals surface area contributed by atoms with Crippen LogP contribution in [-0.4, -0.2) is 46.9 Å². The number of piperazine rings is 1. The van der Waals surface area contributed by atoms with Gasteiger partial charge in [-0.15, -0.1) is 0 Å². The molecule has 8 heteroatoms. The van der Waals surface area contributed by atoms with Crippen molar-refractivity contribution >= 4 is 0 Å². The standard InChI is InChI=1S/C17H21F3N4O/c1-23-7-6-22-16(23)15-10-21-5-8-24(15)11-13-3-2-4-14(9-13)25-12-17(18,19)20/h2-4,6-7,9,15,21H,5,8,10-12H2,1H3. The molecule has 2 aromatic rings. The lowest BCUT2D eigenvalue weighted by Gasteiger charge is -2.35. The van der Waals surface area contributed by atoms with Crippen LogP contribution in [0.2, 0.25) is 0 Å². The van der Waals surface area contributed by atoms with E-state index in [0.717, 1.165) is 31.0 Å². The summed E-state index contributed by atoms with van der Waals surface area (Å²) in [4.78, 5) is 6.72. The van der Waals surface area contributed by atoms with Crippen molar-refractivity contribution in [1.82, 2.24) is 19.8 Å². The molecule has 1 aromatic carbocycles. The van der Waals surface area contributed by atoms with Gasteiger partial charge in [0.25, 0.3) is 0 Å². The van der Waals surface area contributed by atoms with Gasteiger partial charge in [-0.05, 0) is 17.7 Å². The molecule has 0 aliphatic carbocycles. The molecule has 136 valence electrons. The third-order valence-corrected chi connectivity index (χ3v) is 4.20. The fourth-order valence-corrected chi connectivity index (χ4v) is 3.02. The summed E-state index contributed by atoms with van der Waals surface area (Å²) >= 11 is 0. The van der Waals surface area contributed by atoms with Gasteiger partial charge < -0.3 is 14.6 Å². The van der Waals surface area contributed by atoms with Gasteiger partial charge in [-0.25, -0.2) is 4.98 Å². The van der Waals surface area contributed by atoms with Crippen LogP contribution in [0, 0.1) is 0 Å². The highest BCUT2D eigenvalue weighted by atomic mass is 19.4. The molecule has 1 aliphatic heterocycles. The van der Waals surface area contributed by atoms with E-state index >= 15 is 0 Å². The van der Waals surface area contributed by atoms with E-state index in [9.17, 15) is 13.2 Å². The highest BCUT2D eigenvalue weighted by Crippen LogP contribution is 2.25. The number of hydrogen-bond donors (Lipinski definition) is 1. The number of halogens is 3. The summed E-state index contributed by atoms with van der Waals surface area (Å²) in [6.07, 6.45) is -0.653. The molecule has 1 unspecified atom stereocenters. The summed E-state index contributed by atoms with van der Waals surface area (Å²) in [5, 5.41) is 3.37. The molecule has 0 saturated carbocycles. The van der Waals surface area contributed by atoms with Crippen molar-refractivity contribution in [1.29, 1.82) is 0 Å². The molecular weight excluding hydrogens is 333 g/mol. The highest BCUT2D eigenvalue weighted by molar-refractivity contribution is 5.28. The van der Waals surface area contributed by atoms with Crippen molar-refractivity contribution in [3.63, 3.8) is 0 Å². The van der Waals surface area contributed by atoms with Crippen molar-refractivity contribution < 1.29 is 17.9 Å². The number of aryl methyl sites for hydroxylation is 1. The van der Waals surface area contributed by atoms with Crippen LogP contribution in [0.1, 0.15) is 17.4 Å². The topological polar surface area (TPSA) is 42.3 Å². The van der Waals surface area contributed by atoms with Crippen molar-refractivity contribution in [2.75, 3.05) is 26.2 Å². The lowest BCUT2D eigenvalue weighted by atomic mass is 10.1. The molecular formula is C17H21F3N4O. The van der Waals surface area contributed by atoms with Gasteiger partial charge in [0, 0.05) is 45.6 Å². The molecule has 0 bridgehead atoms. The van der Waals surface area contributed by atoms with Crippen LogP contribution in [0.5, 0.6) is 5.75 Å². The Bertz CT molecular complexity index is 701. The second kappa shape index (κ2) is 7.45. The predicted octanol–water partition coefficient (Wildman–Crippen LogP) is 2.51. The normalized spacial score (nSPS) is 19.1. The summed E-state index contributed by atoms with van der Waals surface area (Å²) in [5.41, 5.74) is 0.917. The molecule has 1 N–H and O–H groups in total. The van der Waals surface area contributed by atoms with Gasteiger partial charge in [-0.2, -0.15) is 13.2 Å². The van der Waals surface area contributed by atoms with Gasteiger partial charge in [0.05, 0.1) is 6.04 Å². The summed E-state index contributed by atoms with van der Waals surface area (Å²) in [5.74, 6) is 1.20. The first-order chi connectivity index (χ1) is 11.9.